The summed E-state index contributed by atoms with van der Waals surface area (Å²) in [5.41, 5.74) is 8.73. The number of pyridine rings is 1. The van der Waals surface area contributed by atoms with Crippen LogP contribution in [0.5, 0.6) is 0 Å². The normalized spacial score (nSPS) is 16.9. The summed E-state index contributed by atoms with van der Waals surface area (Å²) in [6.07, 6.45) is 2.13. The minimum absolute atomic E-state index is 0.0337. The van der Waals surface area contributed by atoms with Gasteiger partial charge in [-0.25, -0.2) is 0 Å². The van der Waals surface area contributed by atoms with Crippen LogP contribution in [0.1, 0.15) is 52.3 Å². The van der Waals surface area contributed by atoms with Gasteiger partial charge in [-0.05, 0) is 81.4 Å². The standard InChI is InChI=1S/C31H33N5OS/c1-20-12-8-9-15-25(20)33-27(37)17-19-35-30(29(34-31(35)38)26-16-10-11-18-32-26)28-21(2)22(3)36(23(28)4)24-13-6-5-7-14-24/h5-16,18,29-30H,17,19H2,1-4H3,(H,33,37)(H,34,38)/t29-,30-/m0/s1. The molecule has 2 N–H and O–H groups in total. The van der Waals surface area contributed by atoms with E-state index >= 15 is 0 Å². The smallest absolute Gasteiger partial charge is 0.226 e. The topological polar surface area (TPSA) is 62.2 Å². The molecule has 38 heavy (non-hydrogen) atoms. The van der Waals surface area contributed by atoms with Crippen molar-refractivity contribution < 1.29 is 4.79 Å². The van der Waals surface area contributed by atoms with Crippen LogP contribution in [0, 0.1) is 27.7 Å². The Labute approximate surface area is 229 Å². The molecule has 1 aliphatic rings. The number of para-hydroxylation sites is 2. The van der Waals surface area contributed by atoms with E-state index in [0.717, 1.165) is 28.3 Å². The average Bonchev–Trinajstić information content (AvgIpc) is 3.36. The lowest BCUT2D eigenvalue weighted by atomic mass is 9.93. The summed E-state index contributed by atoms with van der Waals surface area (Å²) in [5, 5.41) is 7.22. The van der Waals surface area contributed by atoms with Crippen LogP contribution in [0.2, 0.25) is 0 Å². The molecular weight excluding hydrogens is 490 g/mol. The van der Waals surface area contributed by atoms with Crippen molar-refractivity contribution in [1.82, 2.24) is 19.8 Å². The first-order valence-corrected chi connectivity index (χ1v) is 13.3. The second-order valence-corrected chi connectivity index (χ2v) is 10.2. The maximum absolute atomic E-state index is 13.0. The number of rotatable bonds is 7. The fourth-order valence-corrected chi connectivity index (χ4v) is 5.85. The molecule has 4 aromatic rings. The van der Waals surface area contributed by atoms with Gasteiger partial charge in [0.15, 0.2) is 5.11 Å². The van der Waals surface area contributed by atoms with Gasteiger partial charge >= 0.3 is 0 Å². The van der Waals surface area contributed by atoms with Crippen molar-refractivity contribution in [3.63, 3.8) is 0 Å². The number of thiocarbonyl (C=S) groups is 1. The van der Waals surface area contributed by atoms with Crippen molar-refractivity contribution in [3.05, 3.63) is 113 Å². The molecule has 6 nitrogen and oxygen atoms in total. The summed E-state index contributed by atoms with van der Waals surface area (Å²) in [6.45, 7) is 8.99. The summed E-state index contributed by atoms with van der Waals surface area (Å²) >= 11 is 5.87. The lowest BCUT2D eigenvalue weighted by molar-refractivity contribution is -0.116. The Morgan fingerprint density at radius 3 is 2.37 bits per heavy atom. The predicted octanol–water partition coefficient (Wildman–Crippen LogP) is 6.11. The number of anilines is 1. The molecule has 0 unspecified atom stereocenters. The van der Waals surface area contributed by atoms with Crippen LogP contribution in [0.4, 0.5) is 5.69 Å². The Hall–Kier alpha value is -3.97. The van der Waals surface area contributed by atoms with Crippen LogP contribution in [0.25, 0.3) is 5.69 Å². The van der Waals surface area contributed by atoms with E-state index in [9.17, 15) is 4.79 Å². The summed E-state index contributed by atoms with van der Waals surface area (Å²) in [7, 11) is 0. The zero-order chi connectivity index (χ0) is 26.8. The summed E-state index contributed by atoms with van der Waals surface area (Å²) in [5.74, 6) is -0.0337. The van der Waals surface area contributed by atoms with E-state index in [2.05, 4.69) is 70.1 Å². The number of carbonyl (C=O) groups excluding carboxylic acids is 1. The first kappa shape index (κ1) is 25.7. The highest BCUT2D eigenvalue weighted by molar-refractivity contribution is 7.80. The molecule has 2 atom stereocenters. The number of nitrogens with one attached hydrogen (secondary N) is 2. The van der Waals surface area contributed by atoms with Gasteiger partial charge in [-0.1, -0.05) is 42.5 Å². The highest BCUT2D eigenvalue weighted by Crippen LogP contribution is 2.43. The molecule has 1 amide bonds. The molecule has 2 aromatic heterocycles. The van der Waals surface area contributed by atoms with E-state index < -0.39 is 0 Å². The van der Waals surface area contributed by atoms with Crippen LogP contribution in [-0.4, -0.2) is 32.0 Å². The first-order chi connectivity index (χ1) is 18.4. The zero-order valence-corrected chi connectivity index (χ0v) is 23.0. The molecule has 194 valence electrons. The van der Waals surface area contributed by atoms with Gasteiger partial charge in [0.2, 0.25) is 5.91 Å². The highest BCUT2D eigenvalue weighted by Gasteiger charge is 2.42. The van der Waals surface area contributed by atoms with Gasteiger partial charge in [0.25, 0.3) is 0 Å². The Bertz CT molecular complexity index is 1460. The largest absolute Gasteiger partial charge is 0.352 e. The quantitative estimate of drug-likeness (QED) is 0.286. The molecule has 0 radical (unpaired) electrons. The van der Waals surface area contributed by atoms with Crippen molar-refractivity contribution in [2.45, 2.75) is 46.2 Å². The van der Waals surface area contributed by atoms with Crippen molar-refractivity contribution in [1.29, 1.82) is 0 Å². The number of hydrogen-bond donors (Lipinski definition) is 2. The molecule has 1 saturated heterocycles. The molecule has 0 spiro atoms. The maximum Gasteiger partial charge on any atom is 0.226 e. The van der Waals surface area contributed by atoms with Crippen molar-refractivity contribution in [2.75, 3.05) is 11.9 Å². The third-order valence-electron chi connectivity index (χ3n) is 7.51. The maximum atomic E-state index is 13.0. The van der Waals surface area contributed by atoms with E-state index in [0.29, 0.717) is 18.1 Å². The Morgan fingerprint density at radius 2 is 1.66 bits per heavy atom. The number of amides is 1. The number of carbonyl (C=O) groups is 1. The Balaban J connectivity index is 1.50. The monoisotopic (exact) mass is 523 g/mol. The van der Waals surface area contributed by atoms with Crippen molar-refractivity contribution in [2.24, 2.45) is 0 Å². The average molecular weight is 524 g/mol. The van der Waals surface area contributed by atoms with Gasteiger partial charge in [0.1, 0.15) is 0 Å². The van der Waals surface area contributed by atoms with Crippen molar-refractivity contribution >= 4 is 28.9 Å². The predicted molar refractivity (Wildman–Crippen MR) is 157 cm³/mol. The minimum atomic E-state index is -0.133. The third-order valence-corrected chi connectivity index (χ3v) is 7.87. The molecule has 1 aliphatic heterocycles. The van der Waals surface area contributed by atoms with Gasteiger partial charge in [-0.3, -0.25) is 9.78 Å². The van der Waals surface area contributed by atoms with E-state index in [-0.39, 0.29) is 18.0 Å². The number of benzene rings is 2. The molecule has 2 aromatic carbocycles. The highest BCUT2D eigenvalue weighted by atomic mass is 32.1. The number of aromatic nitrogens is 2. The van der Waals surface area contributed by atoms with E-state index in [1.54, 1.807) is 0 Å². The lowest BCUT2D eigenvalue weighted by Gasteiger charge is -2.29. The number of hydrogen-bond acceptors (Lipinski definition) is 3. The van der Waals surface area contributed by atoms with E-state index in [1.807, 2.05) is 61.7 Å². The third kappa shape index (κ3) is 4.82. The van der Waals surface area contributed by atoms with Crippen molar-refractivity contribution in [3.8, 4) is 5.69 Å². The van der Waals surface area contributed by atoms with Crippen LogP contribution < -0.4 is 10.6 Å². The zero-order valence-electron chi connectivity index (χ0n) is 22.2. The SMILES string of the molecule is Cc1ccccc1NC(=O)CCN1C(=S)N[C@@H](c2ccccn2)[C@@H]1c1c(C)c(C)n(-c2ccccc2)c1C. The molecule has 5 rings (SSSR count). The van der Waals surface area contributed by atoms with Gasteiger partial charge in [0.05, 0.1) is 17.8 Å². The molecule has 0 bridgehead atoms. The van der Waals surface area contributed by atoms with Gasteiger partial charge in [-0.15, -0.1) is 0 Å². The molecule has 7 heteroatoms. The first-order valence-electron chi connectivity index (χ1n) is 12.9. The lowest BCUT2D eigenvalue weighted by Crippen LogP contribution is -2.33. The second-order valence-electron chi connectivity index (χ2n) is 9.81. The minimum Gasteiger partial charge on any atom is -0.352 e. The fraction of sp³-hybridized carbons (Fsp3) is 0.258. The van der Waals surface area contributed by atoms with Gasteiger partial charge in [0, 0.05) is 47.5 Å². The van der Waals surface area contributed by atoms with E-state index in [4.69, 9.17) is 12.2 Å². The molecule has 0 aliphatic carbocycles. The van der Waals surface area contributed by atoms with Crippen LogP contribution in [0.3, 0.4) is 0 Å². The number of aryl methyl sites for hydroxylation is 1. The summed E-state index contributed by atoms with van der Waals surface area (Å²) < 4.78 is 2.31. The summed E-state index contributed by atoms with van der Waals surface area (Å²) in [6, 6.07) is 24.0. The summed E-state index contributed by atoms with van der Waals surface area (Å²) in [4.78, 5) is 19.8. The van der Waals surface area contributed by atoms with Gasteiger partial charge < -0.3 is 20.1 Å². The van der Waals surface area contributed by atoms with Gasteiger partial charge in [-0.2, -0.15) is 0 Å². The second kappa shape index (κ2) is 10.8. The molecule has 3 heterocycles. The van der Waals surface area contributed by atoms with E-state index in [1.165, 1.54) is 16.8 Å². The molecular formula is C31H33N5OS. The number of nitrogens with zero attached hydrogens (tertiary/aromatic N) is 3. The van der Waals surface area contributed by atoms with Crippen LogP contribution in [0.15, 0.2) is 79.0 Å². The van der Waals surface area contributed by atoms with Crippen LogP contribution >= 0.6 is 12.2 Å². The Kier molecular flexibility index (Phi) is 7.29. The Morgan fingerprint density at radius 1 is 0.947 bits per heavy atom. The molecule has 1 fully saturated rings. The fourth-order valence-electron chi connectivity index (χ4n) is 5.51. The molecule has 0 saturated carbocycles. The van der Waals surface area contributed by atoms with Crippen LogP contribution in [-0.2, 0) is 4.79 Å².